The second-order valence-corrected chi connectivity index (χ2v) is 3.24. The van der Waals surface area contributed by atoms with Crippen LogP contribution in [0.2, 0.25) is 0 Å². The first-order valence-electron chi connectivity index (χ1n) is 4.61. The van der Waals surface area contributed by atoms with E-state index in [0.717, 1.165) is 0 Å². The Bertz CT molecular complexity index is 433. The van der Waals surface area contributed by atoms with E-state index in [4.69, 9.17) is 0 Å². The second-order valence-electron chi connectivity index (χ2n) is 3.24. The number of halogens is 2. The van der Waals surface area contributed by atoms with Crippen molar-refractivity contribution < 1.29 is 9.50 Å². The third kappa shape index (κ3) is 2.78. The van der Waals surface area contributed by atoms with Crippen molar-refractivity contribution in [1.29, 1.82) is 0 Å². The molecule has 0 radical (unpaired) electrons. The van der Waals surface area contributed by atoms with Crippen LogP contribution in [0.25, 0.3) is 0 Å². The molecule has 1 atom stereocenters. The van der Waals surface area contributed by atoms with Gasteiger partial charge >= 0.3 is 0 Å². The fraction of sp³-hybridized carbons (Fsp3) is 0.0833. The third-order valence-electron chi connectivity index (χ3n) is 2.19. The van der Waals surface area contributed by atoms with Crippen molar-refractivity contribution in [3.05, 3.63) is 65.7 Å². The van der Waals surface area contributed by atoms with Gasteiger partial charge in [-0.05, 0) is 23.8 Å². The molecule has 1 N–H and O–H groups in total. The first-order valence-corrected chi connectivity index (χ1v) is 4.61. The molecule has 1 aromatic carbocycles. The molecule has 0 saturated carbocycles. The second kappa shape index (κ2) is 5.58. The lowest BCUT2D eigenvalue weighted by atomic mass is 10.0. The maximum atomic E-state index is 12.7. The molecule has 1 heterocycles. The number of rotatable bonds is 2. The lowest BCUT2D eigenvalue weighted by molar-refractivity contribution is 0.220. The van der Waals surface area contributed by atoms with E-state index in [2.05, 4.69) is 4.98 Å². The van der Waals surface area contributed by atoms with Gasteiger partial charge in [0.25, 0.3) is 0 Å². The molecule has 2 rings (SSSR count). The lowest BCUT2D eigenvalue weighted by Gasteiger charge is -2.10. The number of nitrogens with zero attached hydrogens (tertiary/aromatic N) is 1. The summed E-state index contributed by atoms with van der Waals surface area (Å²) in [6.07, 6.45) is 2.48. The highest BCUT2D eigenvalue weighted by Crippen LogP contribution is 2.20. The molecule has 0 aliphatic carbocycles. The van der Waals surface area contributed by atoms with E-state index in [0.29, 0.717) is 11.1 Å². The molecule has 2 aromatic rings. The fourth-order valence-corrected chi connectivity index (χ4v) is 1.38. The summed E-state index contributed by atoms with van der Waals surface area (Å²) in [5, 5.41) is 9.92. The van der Waals surface area contributed by atoms with Gasteiger partial charge in [-0.2, -0.15) is 0 Å². The van der Waals surface area contributed by atoms with Crippen molar-refractivity contribution in [2.75, 3.05) is 0 Å². The van der Waals surface area contributed by atoms with Crippen molar-refractivity contribution in [2.24, 2.45) is 0 Å². The lowest BCUT2D eigenvalue weighted by Crippen LogP contribution is -1.99. The zero-order valence-corrected chi connectivity index (χ0v) is 9.19. The minimum Gasteiger partial charge on any atom is -0.384 e. The minimum atomic E-state index is -0.751. The Labute approximate surface area is 99.2 Å². The highest BCUT2D eigenvalue weighted by atomic mass is 35.5. The van der Waals surface area contributed by atoms with Crippen molar-refractivity contribution in [2.45, 2.75) is 6.10 Å². The molecule has 0 amide bonds. The molecule has 0 spiro atoms. The molecule has 0 fully saturated rings. The molecule has 2 nitrogen and oxygen atoms in total. The molecule has 0 aliphatic rings. The Balaban J connectivity index is 0.00000128. The van der Waals surface area contributed by atoms with Crippen LogP contribution in [0.15, 0.2) is 48.8 Å². The normalized spacial score (nSPS) is 11.6. The van der Waals surface area contributed by atoms with Gasteiger partial charge in [-0.15, -0.1) is 12.4 Å². The van der Waals surface area contributed by atoms with E-state index in [1.165, 1.54) is 12.1 Å². The predicted octanol–water partition coefficient (Wildman–Crippen LogP) is 2.72. The summed E-state index contributed by atoms with van der Waals surface area (Å²) in [6, 6.07) is 9.31. The Hall–Kier alpha value is -1.45. The van der Waals surface area contributed by atoms with E-state index in [-0.39, 0.29) is 18.2 Å². The third-order valence-corrected chi connectivity index (χ3v) is 2.19. The van der Waals surface area contributed by atoms with Crippen LogP contribution < -0.4 is 0 Å². The van der Waals surface area contributed by atoms with Gasteiger partial charge in [-0.3, -0.25) is 4.98 Å². The van der Waals surface area contributed by atoms with Gasteiger partial charge in [-0.1, -0.05) is 18.2 Å². The van der Waals surface area contributed by atoms with Gasteiger partial charge < -0.3 is 5.11 Å². The van der Waals surface area contributed by atoms with E-state index in [1.54, 1.807) is 36.7 Å². The van der Waals surface area contributed by atoms with E-state index < -0.39 is 6.10 Å². The summed E-state index contributed by atoms with van der Waals surface area (Å²) in [7, 11) is 0. The predicted molar refractivity (Wildman–Crippen MR) is 61.9 cm³/mol. The quantitative estimate of drug-likeness (QED) is 0.874. The largest absolute Gasteiger partial charge is 0.384 e. The number of benzene rings is 1. The molecule has 84 valence electrons. The minimum absolute atomic E-state index is 0. The average Bonchev–Trinajstić information content (AvgIpc) is 2.30. The first kappa shape index (κ1) is 12.6. The van der Waals surface area contributed by atoms with Crippen molar-refractivity contribution in [3.8, 4) is 0 Å². The SMILES string of the molecule is Cl.OC(c1ccc(F)cc1)c1cccnc1. The summed E-state index contributed by atoms with van der Waals surface area (Å²) in [6.45, 7) is 0. The molecule has 0 bridgehead atoms. The maximum Gasteiger partial charge on any atom is 0.123 e. The summed E-state index contributed by atoms with van der Waals surface area (Å²) in [5.41, 5.74) is 1.36. The average molecular weight is 240 g/mol. The topological polar surface area (TPSA) is 33.1 Å². The van der Waals surface area contributed by atoms with Crippen LogP contribution in [-0.4, -0.2) is 10.1 Å². The van der Waals surface area contributed by atoms with E-state index in [9.17, 15) is 9.50 Å². The van der Waals surface area contributed by atoms with Crippen molar-refractivity contribution in [1.82, 2.24) is 4.98 Å². The summed E-state index contributed by atoms with van der Waals surface area (Å²) in [5.74, 6) is -0.308. The molecule has 1 aromatic heterocycles. The van der Waals surface area contributed by atoms with Gasteiger partial charge in [0.15, 0.2) is 0 Å². The molecule has 0 saturated heterocycles. The van der Waals surface area contributed by atoms with Gasteiger partial charge in [0.05, 0.1) is 0 Å². The summed E-state index contributed by atoms with van der Waals surface area (Å²) in [4.78, 5) is 3.91. The van der Waals surface area contributed by atoms with Gasteiger partial charge in [0.2, 0.25) is 0 Å². The van der Waals surface area contributed by atoms with Crippen molar-refractivity contribution in [3.63, 3.8) is 0 Å². The number of aromatic nitrogens is 1. The highest BCUT2D eigenvalue weighted by Gasteiger charge is 2.09. The smallest absolute Gasteiger partial charge is 0.123 e. The zero-order valence-electron chi connectivity index (χ0n) is 8.38. The standard InChI is InChI=1S/C12H10FNO.ClH/c13-11-5-3-9(4-6-11)12(15)10-2-1-7-14-8-10;/h1-8,12,15H;1H. The first-order chi connectivity index (χ1) is 7.27. The Kier molecular flexibility index (Phi) is 4.40. The molecule has 0 aliphatic heterocycles. The number of aliphatic hydroxyl groups is 1. The zero-order chi connectivity index (χ0) is 10.7. The number of pyridine rings is 1. The van der Waals surface area contributed by atoms with Crippen LogP contribution in [0.1, 0.15) is 17.2 Å². The van der Waals surface area contributed by atoms with Crippen LogP contribution in [-0.2, 0) is 0 Å². The van der Waals surface area contributed by atoms with Crippen LogP contribution >= 0.6 is 12.4 Å². The molecular weight excluding hydrogens is 229 g/mol. The Morgan fingerprint density at radius 3 is 2.31 bits per heavy atom. The Morgan fingerprint density at radius 2 is 1.75 bits per heavy atom. The van der Waals surface area contributed by atoms with Crippen LogP contribution in [0.4, 0.5) is 4.39 Å². The summed E-state index contributed by atoms with van der Waals surface area (Å²) >= 11 is 0. The molecule has 16 heavy (non-hydrogen) atoms. The number of hydrogen-bond donors (Lipinski definition) is 1. The molecule has 4 heteroatoms. The number of aliphatic hydroxyl groups excluding tert-OH is 1. The van der Waals surface area contributed by atoms with Crippen LogP contribution in [0, 0.1) is 5.82 Å². The number of hydrogen-bond acceptors (Lipinski definition) is 2. The molecular formula is C12H11ClFNO. The Morgan fingerprint density at radius 1 is 1.06 bits per heavy atom. The van der Waals surface area contributed by atoms with Gasteiger partial charge in [-0.25, -0.2) is 4.39 Å². The molecule has 1 unspecified atom stereocenters. The van der Waals surface area contributed by atoms with E-state index in [1.807, 2.05) is 0 Å². The van der Waals surface area contributed by atoms with Crippen molar-refractivity contribution >= 4 is 12.4 Å². The van der Waals surface area contributed by atoms with Gasteiger partial charge in [0, 0.05) is 18.0 Å². The van der Waals surface area contributed by atoms with Crippen LogP contribution in [0.5, 0.6) is 0 Å². The van der Waals surface area contributed by atoms with Crippen LogP contribution in [0.3, 0.4) is 0 Å². The monoisotopic (exact) mass is 239 g/mol. The van der Waals surface area contributed by atoms with Gasteiger partial charge in [0.1, 0.15) is 11.9 Å². The summed E-state index contributed by atoms with van der Waals surface area (Å²) < 4.78 is 12.7. The van der Waals surface area contributed by atoms with E-state index >= 15 is 0 Å². The highest BCUT2D eigenvalue weighted by molar-refractivity contribution is 5.85. The fourth-order valence-electron chi connectivity index (χ4n) is 1.38. The maximum absolute atomic E-state index is 12.7.